The predicted molar refractivity (Wildman–Crippen MR) is 67.7 cm³/mol. The molecule has 0 heterocycles. The molecule has 3 N–H and O–H groups in total. The Kier molecular flexibility index (Phi) is 36.6. The van der Waals surface area contributed by atoms with E-state index in [1.165, 1.54) is 0 Å². The van der Waals surface area contributed by atoms with E-state index in [-0.39, 0.29) is 19.8 Å². The summed E-state index contributed by atoms with van der Waals surface area (Å²) in [5.74, 6) is 0. The van der Waals surface area contributed by atoms with Crippen LogP contribution in [0.15, 0.2) is 39.5 Å². The first kappa shape index (κ1) is 23.7. The van der Waals surface area contributed by atoms with Crippen molar-refractivity contribution in [3.8, 4) is 0 Å². The quantitative estimate of drug-likeness (QED) is 0.630. The lowest BCUT2D eigenvalue weighted by Crippen LogP contribution is -2.32. The molecule has 0 radical (unpaired) electrons. The zero-order valence-corrected chi connectivity index (χ0v) is 9.91. The molecule has 0 saturated heterocycles. The second-order valence-electron chi connectivity index (χ2n) is 2.33. The molecule has 0 aliphatic heterocycles. The first-order chi connectivity index (χ1) is 7.24. The lowest BCUT2D eigenvalue weighted by Gasteiger charge is -2.24. The smallest absolute Gasteiger partial charge is 0.0531 e. The van der Waals surface area contributed by atoms with Crippen LogP contribution < -0.4 is 0 Å². The van der Waals surface area contributed by atoms with Crippen LogP contribution in [0.2, 0.25) is 0 Å². The van der Waals surface area contributed by atoms with E-state index in [1.54, 1.807) is 0 Å². The van der Waals surface area contributed by atoms with Gasteiger partial charge >= 0.3 is 0 Å². The fourth-order valence-electron chi connectivity index (χ4n) is 0.485. The average Bonchev–Trinajstić information content (AvgIpc) is 2.40. The molecular weight excluding hydrogens is 192 g/mol. The highest BCUT2D eigenvalue weighted by atomic mass is 16.3. The van der Waals surface area contributed by atoms with Gasteiger partial charge in [-0.2, -0.15) is 0 Å². The second-order valence-corrected chi connectivity index (χ2v) is 2.33. The van der Waals surface area contributed by atoms with Crippen molar-refractivity contribution in [3.63, 3.8) is 0 Å². The van der Waals surface area contributed by atoms with Gasteiger partial charge in [0.2, 0.25) is 0 Å². The van der Waals surface area contributed by atoms with Crippen molar-refractivity contribution in [2.24, 2.45) is 5.41 Å². The molecule has 3 nitrogen and oxygen atoms in total. The Morgan fingerprint density at radius 2 is 0.933 bits per heavy atom. The summed E-state index contributed by atoms with van der Waals surface area (Å²) in [7, 11) is 0. The third kappa shape index (κ3) is 13.1. The van der Waals surface area contributed by atoms with Gasteiger partial charge < -0.3 is 15.3 Å². The standard InChI is InChI=1S/C6H14O3.3C2H4/c1-2-6(3-7,4-8)5-9;3*1-2/h7-9H,2-5H2,1H3;3*1-2H2. The molecule has 0 spiro atoms. The molecule has 0 aliphatic rings. The van der Waals surface area contributed by atoms with Crippen molar-refractivity contribution in [1.82, 2.24) is 0 Å². The van der Waals surface area contributed by atoms with Crippen LogP contribution >= 0.6 is 0 Å². The van der Waals surface area contributed by atoms with Gasteiger partial charge in [0.05, 0.1) is 19.8 Å². The van der Waals surface area contributed by atoms with Gasteiger partial charge in [-0.25, -0.2) is 0 Å². The van der Waals surface area contributed by atoms with E-state index in [9.17, 15) is 0 Å². The second kappa shape index (κ2) is 23.2. The minimum atomic E-state index is -0.667. The number of aliphatic hydroxyl groups is 3. The molecule has 0 atom stereocenters. The molecule has 0 amide bonds. The molecule has 0 rings (SSSR count). The number of aliphatic hydroxyl groups excluding tert-OH is 3. The van der Waals surface area contributed by atoms with Gasteiger partial charge in [0, 0.05) is 5.41 Å². The van der Waals surface area contributed by atoms with Crippen LogP contribution in [0.4, 0.5) is 0 Å². The average molecular weight is 218 g/mol. The number of hydrogen-bond acceptors (Lipinski definition) is 3. The molecule has 0 aromatic carbocycles. The van der Waals surface area contributed by atoms with Crippen LogP contribution in [-0.2, 0) is 0 Å². The van der Waals surface area contributed by atoms with Gasteiger partial charge in [-0.15, -0.1) is 39.5 Å². The monoisotopic (exact) mass is 218 g/mol. The zero-order chi connectivity index (χ0) is 13.3. The summed E-state index contributed by atoms with van der Waals surface area (Å²) < 4.78 is 0. The molecule has 92 valence electrons. The first-order valence-electron chi connectivity index (χ1n) is 4.57. The Labute approximate surface area is 94.1 Å². The van der Waals surface area contributed by atoms with Crippen LogP contribution in [0.1, 0.15) is 13.3 Å². The lowest BCUT2D eigenvalue weighted by atomic mass is 9.88. The summed E-state index contributed by atoms with van der Waals surface area (Å²) in [5.41, 5.74) is -0.667. The molecule has 0 aromatic rings. The normalized spacial score (nSPS) is 8.00. The largest absolute Gasteiger partial charge is 0.396 e. The van der Waals surface area contributed by atoms with Gasteiger partial charge in [0.1, 0.15) is 0 Å². The van der Waals surface area contributed by atoms with Gasteiger partial charge in [0.25, 0.3) is 0 Å². The third-order valence-corrected chi connectivity index (χ3v) is 1.76. The van der Waals surface area contributed by atoms with Crippen molar-refractivity contribution in [2.75, 3.05) is 19.8 Å². The van der Waals surface area contributed by atoms with E-state index in [4.69, 9.17) is 15.3 Å². The Hall–Kier alpha value is -0.900. The minimum Gasteiger partial charge on any atom is -0.396 e. The van der Waals surface area contributed by atoms with E-state index in [0.29, 0.717) is 6.42 Å². The molecule has 0 bridgehead atoms. The van der Waals surface area contributed by atoms with Crippen molar-refractivity contribution in [3.05, 3.63) is 39.5 Å². The molecule has 15 heavy (non-hydrogen) atoms. The van der Waals surface area contributed by atoms with Gasteiger partial charge in [-0.1, -0.05) is 6.92 Å². The SMILES string of the molecule is C=C.C=C.C=C.CCC(CO)(CO)CO. The Balaban J connectivity index is -0.0000000860. The number of hydrogen-bond donors (Lipinski definition) is 3. The van der Waals surface area contributed by atoms with Gasteiger partial charge in [-0.05, 0) is 6.42 Å². The van der Waals surface area contributed by atoms with Crippen LogP contribution in [0.25, 0.3) is 0 Å². The topological polar surface area (TPSA) is 60.7 Å². The molecule has 0 saturated carbocycles. The predicted octanol–water partition coefficient (Wildman–Crippen LogP) is 1.77. The summed E-state index contributed by atoms with van der Waals surface area (Å²) in [4.78, 5) is 0. The minimum absolute atomic E-state index is 0.156. The summed E-state index contributed by atoms with van der Waals surface area (Å²) in [6.07, 6.45) is 0.594. The third-order valence-electron chi connectivity index (χ3n) is 1.76. The highest BCUT2D eigenvalue weighted by Crippen LogP contribution is 2.18. The van der Waals surface area contributed by atoms with Crippen molar-refractivity contribution in [2.45, 2.75) is 13.3 Å². The van der Waals surface area contributed by atoms with E-state index in [1.807, 2.05) is 6.92 Å². The Morgan fingerprint density at radius 1 is 0.733 bits per heavy atom. The Bertz CT molecular complexity index is 78.8. The summed E-state index contributed by atoms with van der Waals surface area (Å²) in [5, 5.41) is 26.0. The maximum absolute atomic E-state index is 8.66. The fraction of sp³-hybridized carbons (Fsp3) is 0.500. The highest BCUT2D eigenvalue weighted by Gasteiger charge is 2.24. The van der Waals surface area contributed by atoms with Crippen molar-refractivity contribution in [1.29, 1.82) is 0 Å². The Morgan fingerprint density at radius 3 is 0.933 bits per heavy atom. The maximum Gasteiger partial charge on any atom is 0.0531 e. The van der Waals surface area contributed by atoms with Crippen molar-refractivity contribution < 1.29 is 15.3 Å². The van der Waals surface area contributed by atoms with E-state index < -0.39 is 5.41 Å². The molecule has 0 aromatic heterocycles. The first-order valence-corrected chi connectivity index (χ1v) is 4.57. The molecule has 3 heteroatoms. The van der Waals surface area contributed by atoms with Crippen LogP contribution in [-0.4, -0.2) is 35.1 Å². The zero-order valence-electron chi connectivity index (χ0n) is 9.91. The summed E-state index contributed by atoms with van der Waals surface area (Å²) >= 11 is 0. The molecule has 0 unspecified atom stereocenters. The summed E-state index contributed by atoms with van der Waals surface area (Å²) in [6, 6.07) is 0. The van der Waals surface area contributed by atoms with Crippen LogP contribution in [0.5, 0.6) is 0 Å². The highest BCUT2D eigenvalue weighted by molar-refractivity contribution is 4.74. The molecular formula is C12H26O3. The molecule has 0 fully saturated rings. The van der Waals surface area contributed by atoms with Crippen LogP contribution in [0, 0.1) is 5.41 Å². The van der Waals surface area contributed by atoms with Gasteiger partial charge in [0.15, 0.2) is 0 Å². The number of rotatable bonds is 4. The van der Waals surface area contributed by atoms with E-state index in [2.05, 4.69) is 39.5 Å². The van der Waals surface area contributed by atoms with E-state index >= 15 is 0 Å². The van der Waals surface area contributed by atoms with Crippen LogP contribution in [0.3, 0.4) is 0 Å². The van der Waals surface area contributed by atoms with Crippen molar-refractivity contribution >= 4 is 0 Å². The lowest BCUT2D eigenvalue weighted by molar-refractivity contribution is 0.00304. The van der Waals surface area contributed by atoms with E-state index in [0.717, 1.165) is 0 Å². The van der Waals surface area contributed by atoms with Gasteiger partial charge in [-0.3, -0.25) is 0 Å². The summed E-state index contributed by atoms with van der Waals surface area (Å²) in [6.45, 7) is 19.4. The fourth-order valence-corrected chi connectivity index (χ4v) is 0.485. The maximum atomic E-state index is 8.66. The molecule has 0 aliphatic carbocycles.